The molecule has 2 aromatic heterocycles. The highest BCUT2D eigenvalue weighted by Crippen LogP contribution is 2.29. The van der Waals surface area contributed by atoms with Crippen LogP contribution in [0.4, 0.5) is 5.13 Å². The van der Waals surface area contributed by atoms with Gasteiger partial charge in [0, 0.05) is 18.2 Å². The van der Waals surface area contributed by atoms with E-state index < -0.39 is 10.0 Å². The molecule has 114 valence electrons. The third-order valence-corrected chi connectivity index (χ3v) is 5.59. The molecule has 0 spiro atoms. The van der Waals surface area contributed by atoms with Crippen molar-refractivity contribution >= 4 is 26.5 Å². The lowest BCUT2D eigenvalue weighted by Gasteiger charge is -2.08. The average molecular weight is 328 g/mol. The topological polar surface area (TPSA) is 97.1 Å². The van der Waals surface area contributed by atoms with E-state index in [4.69, 9.17) is 4.42 Å². The Balaban J connectivity index is 1.91. The molecule has 0 aliphatic heterocycles. The molecule has 1 saturated carbocycles. The summed E-state index contributed by atoms with van der Waals surface area (Å²) in [5.41, 5.74) is 2.15. The smallest absolute Gasteiger partial charge is 0.267 e. The lowest BCUT2D eigenvalue weighted by Crippen LogP contribution is -2.20. The zero-order valence-corrected chi connectivity index (χ0v) is 13.3. The first kappa shape index (κ1) is 14.5. The van der Waals surface area contributed by atoms with Crippen LogP contribution >= 0.6 is 11.3 Å². The van der Waals surface area contributed by atoms with Gasteiger partial charge in [-0.2, -0.15) is 0 Å². The zero-order valence-electron chi connectivity index (χ0n) is 11.7. The van der Waals surface area contributed by atoms with Crippen molar-refractivity contribution in [1.29, 1.82) is 0 Å². The molecule has 2 heterocycles. The van der Waals surface area contributed by atoms with Gasteiger partial charge in [-0.3, -0.25) is 4.72 Å². The van der Waals surface area contributed by atoms with Crippen molar-refractivity contribution in [2.24, 2.45) is 0 Å². The predicted octanol–water partition coefficient (Wildman–Crippen LogP) is 1.80. The van der Waals surface area contributed by atoms with Gasteiger partial charge in [0.25, 0.3) is 10.0 Å². The number of sulfonamides is 1. The first-order valence-electron chi connectivity index (χ1n) is 6.58. The van der Waals surface area contributed by atoms with Crippen LogP contribution in [0.25, 0.3) is 0 Å². The molecule has 3 rings (SSSR count). The molecule has 0 unspecified atom stereocenters. The number of nitrogens with one attached hydrogen (secondary N) is 2. The molecule has 9 heteroatoms. The summed E-state index contributed by atoms with van der Waals surface area (Å²) in [5.74, 6) is 1.01. The van der Waals surface area contributed by atoms with Crippen LogP contribution < -0.4 is 10.0 Å². The van der Waals surface area contributed by atoms with Crippen LogP contribution in [0.2, 0.25) is 0 Å². The molecule has 2 aromatic rings. The predicted molar refractivity (Wildman–Crippen MR) is 78.8 cm³/mol. The summed E-state index contributed by atoms with van der Waals surface area (Å²) in [7, 11) is -3.73. The van der Waals surface area contributed by atoms with Gasteiger partial charge in [0.05, 0.1) is 0 Å². The molecular formula is C12H16N4O3S2. The van der Waals surface area contributed by atoms with Crippen molar-refractivity contribution in [3.05, 3.63) is 22.6 Å². The highest BCUT2D eigenvalue weighted by atomic mass is 32.2. The molecular weight excluding hydrogens is 312 g/mol. The van der Waals surface area contributed by atoms with E-state index >= 15 is 0 Å². The Morgan fingerprint density at radius 3 is 2.76 bits per heavy atom. The number of nitrogens with zero attached hydrogens (tertiary/aromatic N) is 2. The molecule has 1 aliphatic carbocycles. The Hall–Kier alpha value is -1.45. The monoisotopic (exact) mass is 328 g/mol. The van der Waals surface area contributed by atoms with Gasteiger partial charge >= 0.3 is 0 Å². The highest BCUT2D eigenvalue weighted by molar-refractivity contribution is 7.93. The molecule has 1 fully saturated rings. The average Bonchev–Trinajstić information content (AvgIpc) is 3.00. The second kappa shape index (κ2) is 5.39. The van der Waals surface area contributed by atoms with E-state index in [1.165, 1.54) is 5.51 Å². The normalized spacial score (nSPS) is 15.3. The Kier molecular flexibility index (Phi) is 3.72. The summed E-state index contributed by atoms with van der Waals surface area (Å²) in [4.78, 5) is 0.198. The third kappa shape index (κ3) is 3.09. The van der Waals surface area contributed by atoms with E-state index in [2.05, 4.69) is 20.2 Å². The summed E-state index contributed by atoms with van der Waals surface area (Å²) in [6.07, 6.45) is 2.28. The molecule has 0 aromatic carbocycles. The fourth-order valence-electron chi connectivity index (χ4n) is 2.18. The summed E-state index contributed by atoms with van der Waals surface area (Å²) in [6, 6.07) is 0.492. The van der Waals surface area contributed by atoms with E-state index in [1.54, 1.807) is 13.8 Å². The first-order chi connectivity index (χ1) is 9.97. The Labute approximate surface area is 126 Å². The number of rotatable bonds is 6. The van der Waals surface area contributed by atoms with Crippen molar-refractivity contribution < 1.29 is 12.8 Å². The first-order valence-corrected chi connectivity index (χ1v) is 8.95. The minimum Gasteiger partial charge on any atom is -0.465 e. The molecule has 0 bridgehead atoms. The van der Waals surface area contributed by atoms with Crippen LogP contribution in [0.3, 0.4) is 0 Å². The standard InChI is InChI=1S/C12H16N4O3S2/c1-7-10(5-13-9-3-4-9)11(8(2)19-7)21(17,18)16-12-15-14-6-20-12/h6,9,13H,3-5H2,1-2H3,(H,15,16). The second-order valence-electron chi connectivity index (χ2n) is 5.03. The highest BCUT2D eigenvalue weighted by Gasteiger charge is 2.29. The molecule has 0 atom stereocenters. The van der Waals surface area contributed by atoms with E-state index in [-0.39, 0.29) is 10.0 Å². The number of furan rings is 1. The number of aromatic nitrogens is 2. The fourth-order valence-corrected chi connectivity index (χ4v) is 4.33. The Bertz CT molecular complexity index is 733. The number of anilines is 1. The minimum absolute atomic E-state index is 0.198. The van der Waals surface area contributed by atoms with Crippen LogP contribution in [-0.2, 0) is 16.6 Å². The van der Waals surface area contributed by atoms with Crippen molar-refractivity contribution in [3.8, 4) is 0 Å². The van der Waals surface area contributed by atoms with Gasteiger partial charge in [-0.25, -0.2) is 8.42 Å². The van der Waals surface area contributed by atoms with Crippen LogP contribution in [0.1, 0.15) is 29.9 Å². The molecule has 21 heavy (non-hydrogen) atoms. The van der Waals surface area contributed by atoms with E-state index in [0.29, 0.717) is 29.7 Å². The number of aryl methyl sites for hydroxylation is 2. The van der Waals surface area contributed by atoms with Crippen molar-refractivity contribution in [2.45, 2.75) is 44.2 Å². The van der Waals surface area contributed by atoms with Gasteiger partial charge < -0.3 is 9.73 Å². The van der Waals surface area contributed by atoms with E-state index in [1.807, 2.05) is 0 Å². The van der Waals surface area contributed by atoms with Gasteiger partial charge in [0.15, 0.2) is 0 Å². The van der Waals surface area contributed by atoms with Crippen LogP contribution in [-0.4, -0.2) is 24.7 Å². The maximum atomic E-state index is 12.6. The third-order valence-electron chi connectivity index (χ3n) is 3.32. The number of hydrogen-bond donors (Lipinski definition) is 2. The van der Waals surface area contributed by atoms with Crippen molar-refractivity contribution in [3.63, 3.8) is 0 Å². The van der Waals surface area contributed by atoms with Gasteiger partial charge in [-0.05, 0) is 26.7 Å². The van der Waals surface area contributed by atoms with Gasteiger partial charge in [0.2, 0.25) is 5.13 Å². The second-order valence-corrected chi connectivity index (χ2v) is 7.48. The molecule has 0 saturated heterocycles. The molecule has 7 nitrogen and oxygen atoms in total. The summed E-state index contributed by atoms with van der Waals surface area (Å²) < 4.78 is 33.1. The molecule has 0 amide bonds. The van der Waals surface area contributed by atoms with Crippen molar-refractivity contribution in [1.82, 2.24) is 15.5 Å². The fraction of sp³-hybridized carbons (Fsp3) is 0.500. The quantitative estimate of drug-likeness (QED) is 0.839. The van der Waals surface area contributed by atoms with E-state index in [0.717, 1.165) is 24.2 Å². The summed E-state index contributed by atoms with van der Waals surface area (Å²) >= 11 is 1.13. The van der Waals surface area contributed by atoms with Gasteiger partial charge in [0.1, 0.15) is 21.9 Å². The van der Waals surface area contributed by atoms with E-state index in [9.17, 15) is 8.42 Å². The molecule has 2 N–H and O–H groups in total. The van der Waals surface area contributed by atoms with Crippen LogP contribution in [0, 0.1) is 13.8 Å². The molecule has 0 radical (unpaired) electrons. The summed E-state index contributed by atoms with van der Waals surface area (Å²) in [5, 5.41) is 10.9. The Morgan fingerprint density at radius 1 is 1.38 bits per heavy atom. The number of hydrogen-bond acceptors (Lipinski definition) is 7. The van der Waals surface area contributed by atoms with Crippen LogP contribution in [0.15, 0.2) is 14.8 Å². The maximum absolute atomic E-state index is 12.6. The lowest BCUT2D eigenvalue weighted by molar-refractivity contribution is 0.493. The van der Waals surface area contributed by atoms with Crippen molar-refractivity contribution in [2.75, 3.05) is 4.72 Å². The lowest BCUT2D eigenvalue weighted by atomic mass is 10.2. The minimum atomic E-state index is -3.73. The molecule has 1 aliphatic rings. The largest absolute Gasteiger partial charge is 0.465 e. The Morgan fingerprint density at radius 2 is 2.14 bits per heavy atom. The SMILES string of the molecule is Cc1oc(C)c(S(=O)(=O)Nc2nncs2)c1CNC1CC1. The maximum Gasteiger partial charge on any atom is 0.267 e. The van der Waals surface area contributed by atoms with Gasteiger partial charge in [-0.15, -0.1) is 10.2 Å². The summed E-state index contributed by atoms with van der Waals surface area (Å²) in [6.45, 7) is 3.92. The van der Waals surface area contributed by atoms with Crippen LogP contribution in [0.5, 0.6) is 0 Å². The zero-order chi connectivity index (χ0) is 15.0. The van der Waals surface area contributed by atoms with Gasteiger partial charge in [-0.1, -0.05) is 11.3 Å².